The fourth-order valence-electron chi connectivity index (χ4n) is 2.80. The van der Waals surface area contributed by atoms with Gasteiger partial charge in [0.05, 0.1) is 5.56 Å². The molecule has 0 atom stereocenters. The van der Waals surface area contributed by atoms with E-state index in [4.69, 9.17) is 5.11 Å². The van der Waals surface area contributed by atoms with E-state index in [1.807, 2.05) is 12.1 Å². The highest BCUT2D eigenvalue weighted by atomic mass is 16.4. The summed E-state index contributed by atoms with van der Waals surface area (Å²) in [6.45, 7) is 5.71. The van der Waals surface area contributed by atoms with Gasteiger partial charge in [0.2, 0.25) is 0 Å². The van der Waals surface area contributed by atoms with Gasteiger partial charge in [-0.05, 0) is 62.5 Å². The van der Waals surface area contributed by atoms with Gasteiger partial charge < -0.3 is 10.0 Å². The second kappa shape index (κ2) is 6.71. The Morgan fingerprint density at radius 2 is 2.11 bits per heavy atom. The molecule has 1 aromatic carbocycles. The zero-order valence-corrected chi connectivity index (χ0v) is 11.6. The summed E-state index contributed by atoms with van der Waals surface area (Å²) in [5.41, 5.74) is 1.60. The lowest BCUT2D eigenvalue weighted by atomic mass is 9.88. The van der Waals surface area contributed by atoms with Crippen LogP contribution < -0.4 is 0 Å². The monoisotopic (exact) mass is 261 g/mol. The first kappa shape index (κ1) is 14.1. The van der Waals surface area contributed by atoms with Crippen LogP contribution in [0.4, 0.5) is 0 Å². The standard InChI is InChI=1S/C16H23NO2/c1-2-3-9-17-10-7-13(8-11-17)14-5-4-6-15(12-14)16(18)19/h4-6,12-13H,2-3,7-11H2,1H3,(H,18,19). The number of hydrogen-bond acceptors (Lipinski definition) is 2. The van der Waals surface area contributed by atoms with Crippen LogP contribution in [0.25, 0.3) is 0 Å². The molecule has 0 radical (unpaired) electrons. The van der Waals surface area contributed by atoms with E-state index < -0.39 is 5.97 Å². The van der Waals surface area contributed by atoms with Crippen LogP contribution in [0.3, 0.4) is 0 Å². The number of rotatable bonds is 5. The molecule has 0 aliphatic carbocycles. The minimum atomic E-state index is -0.831. The number of carboxylic acids is 1. The first-order valence-corrected chi connectivity index (χ1v) is 7.26. The van der Waals surface area contributed by atoms with Gasteiger partial charge in [0, 0.05) is 0 Å². The van der Waals surface area contributed by atoms with Gasteiger partial charge in [-0.2, -0.15) is 0 Å². The number of nitrogens with zero attached hydrogens (tertiary/aromatic N) is 1. The van der Waals surface area contributed by atoms with Crippen LogP contribution in [-0.4, -0.2) is 35.6 Å². The van der Waals surface area contributed by atoms with Crippen molar-refractivity contribution in [3.05, 3.63) is 35.4 Å². The molecule has 1 aliphatic heterocycles. The summed E-state index contributed by atoms with van der Waals surface area (Å²) in [5.74, 6) is -0.306. The minimum absolute atomic E-state index is 0.408. The lowest BCUT2D eigenvalue weighted by molar-refractivity contribution is 0.0696. The van der Waals surface area contributed by atoms with E-state index in [-0.39, 0.29) is 0 Å². The third-order valence-electron chi connectivity index (χ3n) is 4.02. The van der Waals surface area contributed by atoms with Crippen LogP contribution in [0.1, 0.15) is 54.4 Å². The molecule has 1 saturated heterocycles. The summed E-state index contributed by atoms with van der Waals surface area (Å²) in [5, 5.41) is 9.04. The fraction of sp³-hybridized carbons (Fsp3) is 0.562. The van der Waals surface area contributed by atoms with Crippen molar-refractivity contribution in [2.75, 3.05) is 19.6 Å². The maximum atomic E-state index is 11.0. The van der Waals surface area contributed by atoms with E-state index in [0.717, 1.165) is 25.9 Å². The fourth-order valence-corrected chi connectivity index (χ4v) is 2.80. The summed E-state index contributed by atoms with van der Waals surface area (Å²) in [7, 11) is 0. The van der Waals surface area contributed by atoms with Crippen molar-refractivity contribution in [2.24, 2.45) is 0 Å². The maximum Gasteiger partial charge on any atom is 0.335 e. The Kier molecular flexibility index (Phi) is 4.97. The highest BCUT2D eigenvalue weighted by Gasteiger charge is 2.20. The lowest BCUT2D eigenvalue weighted by Gasteiger charge is -2.32. The van der Waals surface area contributed by atoms with Crippen molar-refractivity contribution >= 4 is 5.97 Å². The van der Waals surface area contributed by atoms with Gasteiger partial charge in [0.25, 0.3) is 0 Å². The van der Waals surface area contributed by atoms with Crippen molar-refractivity contribution in [1.82, 2.24) is 4.90 Å². The third kappa shape index (κ3) is 3.80. The Bertz CT molecular complexity index is 423. The molecule has 19 heavy (non-hydrogen) atoms. The second-order valence-electron chi connectivity index (χ2n) is 5.40. The van der Waals surface area contributed by atoms with Crippen molar-refractivity contribution in [3.63, 3.8) is 0 Å². The smallest absolute Gasteiger partial charge is 0.335 e. The van der Waals surface area contributed by atoms with Crippen LogP contribution in [0, 0.1) is 0 Å². The molecule has 1 N–H and O–H groups in total. The topological polar surface area (TPSA) is 40.5 Å². The van der Waals surface area contributed by atoms with Gasteiger partial charge in [0.1, 0.15) is 0 Å². The van der Waals surface area contributed by atoms with Gasteiger partial charge >= 0.3 is 5.97 Å². The number of piperidine rings is 1. The molecule has 3 nitrogen and oxygen atoms in total. The van der Waals surface area contributed by atoms with Crippen molar-refractivity contribution in [2.45, 2.75) is 38.5 Å². The first-order valence-electron chi connectivity index (χ1n) is 7.26. The largest absolute Gasteiger partial charge is 0.478 e. The van der Waals surface area contributed by atoms with E-state index in [1.165, 1.54) is 24.9 Å². The van der Waals surface area contributed by atoms with Gasteiger partial charge in [0.15, 0.2) is 0 Å². The molecule has 2 rings (SSSR count). The Hall–Kier alpha value is -1.35. The SMILES string of the molecule is CCCCN1CCC(c2cccc(C(=O)O)c2)CC1. The Morgan fingerprint density at radius 1 is 1.37 bits per heavy atom. The van der Waals surface area contributed by atoms with E-state index in [2.05, 4.69) is 17.9 Å². The summed E-state index contributed by atoms with van der Waals surface area (Å²) >= 11 is 0. The number of aromatic carboxylic acids is 1. The van der Waals surface area contributed by atoms with E-state index in [9.17, 15) is 4.79 Å². The van der Waals surface area contributed by atoms with Gasteiger partial charge in [-0.25, -0.2) is 4.79 Å². The highest BCUT2D eigenvalue weighted by Crippen LogP contribution is 2.28. The summed E-state index contributed by atoms with van der Waals surface area (Å²) in [6.07, 6.45) is 4.82. The Morgan fingerprint density at radius 3 is 2.74 bits per heavy atom. The predicted molar refractivity (Wildman–Crippen MR) is 76.7 cm³/mol. The third-order valence-corrected chi connectivity index (χ3v) is 4.02. The zero-order chi connectivity index (χ0) is 13.7. The normalized spacial score (nSPS) is 17.5. The summed E-state index contributed by atoms with van der Waals surface area (Å²) < 4.78 is 0. The number of likely N-dealkylation sites (tertiary alicyclic amines) is 1. The molecule has 0 spiro atoms. The summed E-state index contributed by atoms with van der Waals surface area (Å²) in [6, 6.07) is 7.44. The number of unbranched alkanes of at least 4 members (excludes halogenated alkanes) is 1. The molecule has 1 heterocycles. The zero-order valence-electron chi connectivity index (χ0n) is 11.6. The molecule has 0 bridgehead atoms. The lowest BCUT2D eigenvalue weighted by Crippen LogP contribution is -2.33. The molecule has 3 heteroatoms. The average molecular weight is 261 g/mol. The van der Waals surface area contributed by atoms with Crippen molar-refractivity contribution in [3.8, 4) is 0 Å². The van der Waals surface area contributed by atoms with Crippen LogP contribution in [-0.2, 0) is 0 Å². The van der Waals surface area contributed by atoms with Crippen molar-refractivity contribution in [1.29, 1.82) is 0 Å². The number of carbonyl (C=O) groups is 1. The minimum Gasteiger partial charge on any atom is -0.478 e. The Balaban J connectivity index is 1.94. The van der Waals surface area contributed by atoms with Crippen LogP contribution in [0.2, 0.25) is 0 Å². The molecule has 104 valence electrons. The number of hydrogen-bond donors (Lipinski definition) is 1. The van der Waals surface area contributed by atoms with E-state index >= 15 is 0 Å². The molecule has 0 aromatic heterocycles. The molecular weight excluding hydrogens is 238 g/mol. The molecule has 1 fully saturated rings. The molecule has 0 unspecified atom stereocenters. The van der Waals surface area contributed by atoms with Crippen LogP contribution in [0.5, 0.6) is 0 Å². The van der Waals surface area contributed by atoms with Crippen LogP contribution in [0.15, 0.2) is 24.3 Å². The molecule has 1 aromatic rings. The van der Waals surface area contributed by atoms with E-state index in [1.54, 1.807) is 6.07 Å². The number of carboxylic acid groups (broad SMARTS) is 1. The van der Waals surface area contributed by atoms with E-state index in [0.29, 0.717) is 11.5 Å². The summed E-state index contributed by atoms with van der Waals surface area (Å²) in [4.78, 5) is 13.5. The van der Waals surface area contributed by atoms with Gasteiger partial charge in [-0.3, -0.25) is 0 Å². The maximum absolute atomic E-state index is 11.0. The quantitative estimate of drug-likeness (QED) is 0.883. The molecule has 0 saturated carbocycles. The second-order valence-corrected chi connectivity index (χ2v) is 5.40. The van der Waals surface area contributed by atoms with Crippen molar-refractivity contribution < 1.29 is 9.90 Å². The van der Waals surface area contributed by atoms with Gasteiger partial charge in [-0.1, -0.05) is 25.5 Å². The van der Waals surface area contributed by atoms with Gasteiger partial charge in [-0.15, -0.1) is 0 Å². The molecular formula is C16H23NO2. The first-order chi connectivity index (χ1) is 9.20. The predicted octanol–water partition coefficient (Wildman–Crippen LogP) is 3.36. The van der Waals surface area contributed by atoms with Crippen LogP contribution >= 0.6 is 0 Å². The average Bonchev–Trinajstić information content (AvgIpc) is 2.46. The number of benzene rings is 1. The molecule has 0 amide bonds. The highest BCUT2D eigenvalue weighted by molar-refractivity contribution is 5.87. The molecule has 1 aliphatic rings. The Labute approximate surface area is 115 Å².